The van der Waals surface area contributed by atoms with Gasteiger partial charge >= 0.3 is 0 Å². The summed E-state index contributed by atoms with van der Waals surface area (Å²) in [5, 5.41) is 4.01. The van der Waals surface area contributed by atoms with Crippen LogP contribution in [0, 0.1) is 6.92 Å². The number of furan rings is 1. The number of aromatic nitrogens is 1. The lowest BCUT2D eigenvalue weighted by molar-refractivity contribution is 0.400. The predicted molar refractivity (Wildman–Crippen MR) is 81.6 cm³/mol. The Kier molecular flexibility index (Phi) is 5.51. The van der Waals surface area contributed by atoms with E-state index in [1.54, 1.807) is 12.3 Å². The van der Waals surface area contributed by atoms with Gasteiger partial charge in [-0.15, -0.1) is 11.3 Å². The van der Waals surface area contributed by atoms with Crippen molar-refractivity contribution in [2.45, 2.75) is 38.5 Å². The molecule has 0 aromatic carbocycles. The Morgan fingerprint density at radius 2 is 2.14 bits per heavy atom. The average molecular weight is 329 g/mol. The lowest BCUT2D eigenvalue weighted by Crippen LogP contribution is -2.22. The molecule has 0 radical (unpaired) electrons. The van der Waals surface area contributed by atoms with Crippen LogP contribution in [-0.2, 0) is 23.1 Å². The van der Waals surface area contributed by atoms with Crippen LogP contribution >= 0.6 is 11.3 Å². The molecule has 8 heteroatoms. The summed E-state index contributed by atoms with van der Waals surface area (Å²) in [6, 6.07) is 3.15. The molecule has 2 aromatic heterocycles. The molecule has 21 heavy (non-hydrogen) atoms. The fraction of sp³-hybridized carbons (Fsp3) is 0.462. The van der Waals surface area contributed by atoms with Crippen molar-refractivity contribution >= 4 is 21.4 Å². The van der Waals surface area contributed by atoms with Crippen LogP contribution in [0.1, 0.15) is 29.0 Å². The van der Waals surface area contributed by atoms with Crippen molar-refractivity contribution in [3.8, 4) is 0 Å². The molecule has 0 unspecified atom stereocenters. The summed E-state index contributed by atoms with van der Waals surface area (Å²) >= 11 is 1.46. The minimum absolute atomic E-state index is 0.0583. The Bertz CT molecular complexity index is 676. The molecule has 2 N–H and O–H groups in total. The third-order valence-electron chi connectivity index (χ3n) is 2.73. The molecular formula is C13H19N3O3S2. The van der Waals surface area contributed by atoms with Crippen LogP contribution in [0.2, 0.25) is 0 Å². The lowest BCUT2D eigenvalue weighted by Gasteiger charge is -2.02. The molecule has 0 saturated heterocycles. The van der Waals surface area contributed by atoms with Crippen molar-refractivity contribution in [2.75, 3.05) is 6.54 Å². The second-order valence-corrected chi connectivity index (χ2v) is 7.58. The fourth-order valence-electron chi connectivity index (χ4n) is 1.71. The van der Waals surface area contributed by atoms with E-state index >= 15 is 0 Å². The van der Waals surface area contributed by atoms with Crippen LogP contribution in [0.3, 0.4) is 0 Å². The summed E-state index contributed by atoms with van der Waals surface area (Å²) in [4.78, 5) is 4.96. The van der Waals surface area contributed by atoms with E-state index in [4.69, 9.17) is 4.42 Å². The van der Waals surface area contributed by atoms with Gasteiger partial charge in [0.1, 0.15) is 5.76 Å². The highest BCUT2D eigenvalue weighted by Crippen LogP contribution is 2.16. The number of nitrogens with zero attached hydrogens (tertiary/aromatic N) is 1. The van der Waals surface area contributed by atoms with Crippen molar-refractivity contribution < 1.29 is 12.8 Å². The molecule has 0 bridgehead atoms. The van der Waals surface area contributed by atoms with E-state index in [0.717, 1.165) is 22.9 Å². The van der Waals surface area contributed by atoms with E-state index in [1.165, 1.54) is 17.4 Å². The zero-order chi connectivity index (χ0) is 15.3. The molecule has 0 aliphatic carbocycles. The Hall–Kier alpha value is -1.22. The number of nitrogens with one attached hydrogen (secondary N) is 2. The number of thiazole rings is 1. The minimum Gasteiger partial charge on any atom is -0.447 e. The summed E-state index contributed by atoms with van der Waals surface area (Å²) in [7, 11) is -3.62. The highest BCUT2D eigenvalue weighted by atomic mass is 32.2. The highest BCUT2D eigenvalue weighted by molar-refractivity contribution is 7.89. The standard InChI is InChI=1S/C13H19N3O3S2/c1-3-6-14-7-11-4-5-13(19-11)21(17,18)16-9-12-8-15-10(2)20-12/h4-5,8,14,16H,3,6-7,9H2,1-2H3. The number of aryl methyl sites for hydroxylation is 1. The van der Waals surface area contributed by atoms with E-state index in [0.29, 0.717) is 12.3 Å². The maximum Gasteiger partial charge on any atom is 0.274 e. The molecule has 2 heterocycles. The summed E-state index contributed by atoms with van der Waals surface area (Å²) in [5.41, 5.74) is 0. The van der Waals surface area contributed by atoms with E-state index in [-0.39, 0.29) is 11.6 Å². The Labute approximate surface area is 128 Å². The topological polar surface area (TPSA) is 84.2 Å². The van der Waals surface area contributed by atoms with Crippen LogP contribution in [0.4, 0.5) is 0 Å². The van der Waals surface area contributed by atoms with Gasteiger partial charge in [0.2, 0.25) is 5.09 Å². The van der Waals surface area contributed by atoms with E-state index in [2.05, 4.69) is 21.9 Å². The third kappa shape index (κ3) is 4.63. The largest absolute Gasteiger partial charge is 0.447 e. The Morgan fingerprint density at radius 3 is 2.81 bits per heavy atom. The van der Waals surface area contributed by atoms with Gasteiger partial charge in [0, 0.05) is 17.6 Å². The van der Waals surface area contributed by atoms with Gasteiger partial charge in [0.05, 0.1) is 11.6 Å². The van der Waals surface area contributed by atoms with Crippen LogP contribution in [0.5, 0.6) is 0 Å². The fourth-order valence-corrected chi connectivity index (χ4v) is 3.49. The molecule has 0 aliphatic heterocycles. The van der Waals surface area contributed by atoms with E-state index in [9.17, 15) is 8.42 Å². The second-order valence-electron chi connectivity index (χ2n) is 4.57. The molecule has 6 nitrogen and oxygen atoms in total. The minimum atomic E-state index is -3.62. The molecule has 0 saturated carbocycles. The maximum absolute atomic E-state index is 12.1. The SMILES string of the molecule is CCCNCc1ccc(S(=O)(=O)NCc2cnc(C)s2)o1. The first-order chi connectivity index (χ1) is 10.0. The molecular weight excluding hydrogens is 310 g/mol. The second kappa shape index (κ2) is 7.17. The van der Waals surface area contributed by atoms with Gasteiger partial charge in [0.15, 0.2) is 0 Å². The normalized spacial score (nSPS) is 11.9. The van der Waals surface area contributed by atoms with Crippen molar-refractivity contribution in [3.63, 3.8) is 0 Å². The van der Waals surface area contributed by atoms with Gasteiger partial charge in [-0.2, -0.15) is 0 Å². The number of rotatable bonds is 8. The van der Waals surface area contributed by atoms with Crippen LogP contribution in [0.15, 0.2) is 27.8 Å². The van der Waals surface area contributed by atoms with Crippen molar-refractivity contribution in [3.05, 3.63) is 34.0 Å². The van der Waals surface area contributed by atoms with Gasteiger partial charge in [0.25, 0.3) is 10.0 Å². The zero-order valence-corrected chi connectivity index (χ0v) is 13.7. The van der Waals surface area contributed by atoms with Gasteiger partial charge in [-0.1, -0.05) is 6.92 Å². The summed E-state index contributed by atoms with van der Waals surface area (Å²) in [6.07, 6.45) is 2.69. The molecule has 0 atom stereocenters. The zero-order valence-electron chi connectivity index (χ0n) is 12.0. The Balaban J connectivity index is 1.95. The first-order valence-electron chi connectivity index (χ1n) is 6.71. The van der Waals surface area contributed by atoms with Crippen molar-refractivity contribution in [1.82, 2.24) is 15.0 Å². The van der Waals surface area contributed by atoms with E-state index < -0.39 is 10.0 Å². The van der Waals surface area contributed by atoms with Crippen molar-refractivity contribution in [2.24, 2.45) is 0 Å². The summed E-state index contributed by atoms with van der Waals surface area (Å²) in [6.45, 7) is 5.56. The van der Waals surface area contributed by atoms with Gasteiger partial charge in [-0.05, 0) is 32.0 Å². The Morgan fingerprint density at radius 1 is 1.33 bits per heavy atom. The number of hydrogen-bond donors (Lipinski definition) is 2. The lowest BCUT2D eigenvalue weighted by atomic mass is 10.4. The average Bonchev–Trinajstić information content (AvgIpc) is 3.06. The molecule has 0 spiro atoms. The molecule has 2 aromatic rings. The number of hydrogen-bond acceptors (Lipinski definition) is 6. The summed E-state index contributed by atoms with van der Waals surface area (Å²) < 4.78 is 32.1. The van der Waals surface area contributed by atoms with Gasteiger partial charge < -0.3 is 9.73 Å². The molecule has 116 valence electrons. The molecule has 2 rings (SSSR count). The number of sulfonamides is 1. The first kappa shape index (κ1) is 16.2. The summed E-state index contributed by atoms with van der Waals surface area (Å²) in [5.74, 6) is 0.609. The molecule has 0 amide bonds. The van der Waals surface area contributed by atoms with Crippen LogP contribution < -0.4 is 10.0 Å². The first-order valence-corrected chi connectivity index (χ1v) is 9.01. The third-order valence-corrected chi connectivity index (χ3v) is 4.92. The monoisotopic (exact) mass is 329 g/mol. The maximum atomic E-state index is 12.1. The quantitative estimate of drug-likeness (QED) is 0.724. The molecule has 0 fully saturated rings. The van der Waals surface area contributed by atoms with Gasteiger partial charge in [-0.3, -0.25) is 0 Å². The smallest absolute Gasteiger partial charge is 0.274 e. The van der Waals surface area contributed by atoms with Crippen LogP contribution in [0.25, 0.3) is 0 Å². The molecule has 0 aliphatic rings. The van der Waals surface area contributed by atoms with Gasteiger partial charge in [-0.25, -0.2) is 18.1 Å². The van der Waals surface area contributed by atoms with Crippen molar-refractivity contribution in [1.29, 1.82) is 0 Å². The highest BCUT2D eigenvalue weighted by Gasteiger charge is 2.18. The van der Waals surface area contributed by atoms with E-state index in [1.807, 2.05) is 6.92 Å². The van der Waals surface area contributed by atoms with Crippen LogP contribution in [-0.4, -0.2) is 19.9 Å². The predicted octanol–water partition coefficient (Wildman–Crippen LogP) is 2.02.